The molecule has 0 bridgehead atoms. The highest BCUT2D eigenvalue weighted by molar-refractivity contribution is 4.92. The van der Waals surface area contributed by atoms with Gasteiger partial charge in [0.05, 0.1) is 18.1 Å². The molecule has 0 fully saturated rings. The van der Waals surface area contributed by atoms with Crippen LogP contribution in [0.2, 0.25) is 0 Å². The minimum absolute atomic E-state index is 0.186. The van der Waals surface area contributed by atoms with Crippen molar-refractivity contribution < 1.29 is 5.11 Å². The van der Waals surface area contributed by atoms with Crippen LogP contribution in [0.15, 0.2) is 0 Å². The average molecular weight is 198 g/mol. The molecule has 0 aliphatic heterocycles. The maximum Gasteiger partial charge on any atom is 0.0684 e. The Morgan fingerprint density at radius 3 is 2.29 bits per heavy atom. The van der Waals surface area contributed by atoms with Gasteiger partial charge in [-0.3, -0.25) is 4.90 Å². The largest absolute Gasteiger partial charge is 0.395 e. The van der Waals surface area contributed by atoms with Gasteiger partial charge >= 0.3 is 0 Å². The summed E-state index contributed by atoms with van der Waals surface area (Å²) in [6, 6.07) is 2.72. The van der Waals surface area contributed by atoms with E-state index in [-0.39, 0.29) is 12.0 Å². The van der Waals surface area contributed by atoms with Crippen molar-refractivity contribution in [2.45, 2.75) is 40.2 Å². The summed E-state index contributed by atoms with van der Waals surface area (Å²) >= 11 is 0. The van der Waals surface area contributed by atoms with E-state index in [4.69, 9.17) is 10.4 Å². The second-order valence-electron chi connectivity index (χ2n) is 4.60. The van der Waals surface area contributed by atoms with E-state index in [1.54, 1.807) is 0 Å². The van der Waals surface area contributed by atoms with Gasteiger partial charge in [0.1, 0.15) is 0 Å². The quantitative estimate of drug-likeness (QED) is 0.705. The molecule has 0 amide bonds. The summed E-state index contributed by atoms with van der Waals surface area (Å²) in [6.07, 6.45) is 0.849. The molecule has 0 aliphatic rings. The van der Waals surface area contributed by atoms with Gasteiger partial charge in [-0.2, -0.15) is 5.26 Å². The summed E-state index contributed by atoms with van der Waals surface area (Å²) in [4.78, 5) is 2.19. The van der Waals surface area contributed by atoms with Gasteiger partial charge in [-0.15, -0.1) is 0 Å². The Hall–Kier alpha value is -0.590. The summed E-state index contributed by atoms with van der Waals surface area (Å²) < 4.78 is 0. The third-order valence-electron chi connectivity index (χ3n) is 2.44. The molecule has 0 rings (SSSR count). The van der Waals surface area contributed by atoms with Crippen LogP contribution >= 0.6 is 0 Å². The van der Waals surface area contributed by atoms with E-state index in [0.717, 1.165) is 13.0 Å². The zero-order valence-corrected chi connectivity index (χ0v) is 9.75. The van der Waals surface area contributed by atoms with Gasteiger partial charge in [0.25, 0.3) is 0 Å². The summed E-state index contributed by atoms with van der Waals surface area (Å²) in [5.41, 5.74) is -0.261. The van der Waals surface area contributed by atoms with Crippen LogP contribution in [0.25, 0.3) is 0 Å². The molecule has 0 radical (unpaired) electrons. The van der Waals surface area contributed by atoms with Crippen LogP contribution in [0.1, 0.15) is 34.1 Å². The second-order valence-corrected chi connectivity index (χ2v) is 4.60. The molecule has 0 aromatic rings. The first-order valence-electron chi connectivity index (χ1n) is 5.19. The molecule has 3 nitrogen and oxygen atoms in total. The minimum atomic E-state index is -0.261. The Balaban J connectivity index is 4.01. The molecule has 0 atom stereocenters. The van der Waals surface area contributed by atoms with Crippen molar-refractivity contribution in [3.8, 4) is 6.07 Å². The molecule has 14 heavy (non-hydrogen) atoms. The van der Waals surface area contributed by atoms with Crippen LogP contribution < -0.4 is 0 Å². The molecule has 0 unspecified atom stereocenters. The summed E-state index contributed by atoms with van der Waals surface area (Å²) in [5.74, 6) is 0. The smallest absolute Gasteiger partial charge is 0.0684 e. The van der Waals surface area contributed by atoms with Crippen molar-refractivity contribution in [1.29, 1.82) is 5.26 Å². The predicted molar refractivity (Wildman–Crippen MR) is 57.8 cm³/mol. The molecule has 0 saturated carbocycles. The minimum Gasteiger partial charge on any atom is -0.395 e. The molecule has 0 aliphatic carbocycles. The molecular formula is C11H22N2O. The average Bonchev–Trinajstić information content (AvgIpc) is 2.12. The number of hydrogen-bond acceptors (Lipinski definition) is 3. The van der Waals surface area contributed by atoms with E-state index in [2.05, 4.69) is 24.8 Å². The molecule has 3 heteroatoms. The SMILES string of the molecule is CC(C)N(CCO)CCC(C)(C)C#N. The van der Waals surface area contributed by atoms with Crippen LogP contribution in [0.3, 0.4) is 0 Å². The van der Waals surface area contributed by atoms with Crippen molar-refractivity contribution in [2.75, 3.05) is 19.7 Å². The Labute approximate surface area is 87.3 Å². The van der Waals surface area contributed by atoms with Crippen molar-refractivity contribution in [3.05, 3.63) is 0 Å². The first-order chi connectivity index (χ1) is 6.43. The lowest BCUT2D eigenvalue weighted by Crippen LogP contribution is -2.36. The molecular weight excluding hydrogens is 176 g/mol. The first kappa shape index (κ1) is 13.4. The Kier molecular flexibility index (Phi) is 5.75. The fourth-order valence-corrected chi connectivity index (χ4v) is 1.24. The zero-order chi connectivity index (χ0) is 11.2. The van der Waals surface area contributed by atoms with Crippen molar-refractivity contribution in [2.24, 2.45) is 5.41 Å². The van der Waals surface area contributed by atoms with Crippen molar-refractivity contribution >= 4 is 0 Å². The lowest BCUT2D eigenvalue weighted by atomic mass is 9.91. The topological polar surface area (TPSA) is 47.3 Å². The highest BCUT2D eigenvalue weighted by Gasteiger charge is 2.19. The van der Waals surface area contributed by atoms with Gasteiger partial charge < -0.3 is 5.11 Å². The maximum absolute atomic E-state index is 8.87. The lowest BCUT2D eigenvalue weighted by Gasteiger charge is -2.28. The normalized spacial score (nSPS) is 12.1. The third kappa shape index (κ3) is 5.21. The highest BCUT2D eigenvalue weighted by atomic mass is 16.3. The van der Waals surface area contributed by atoms with E-state index in [1.165, 1.54) is 0 Å². The Bertz CT molecular complexity index is 194. The van der Waals surface area contributed by atoms with E-state index in [9.17, 15) is 0 Å². The van der Waals surface area contributed by atoms with Crippen molar-refractivity contribution in [1.82, 2.24) is 4.90 Å². The molecule has 0 spiro atoms. The molecule has 0 aromatic carbocycles. The van der Waals surface area contributed by atoms with Gasteiger partial charge in [-0.25, -0.2) is 0 Å². The summed E-state index contributed by atoms with van der Waals surface area (Å²) in [6.45, 7) is 9.86. The van der Waals surface area contributed by atoms with Gasteiger partial charge in [0, 0.05) is 12.6 Å². The second kappa shape index (κ2) is 6.00. The van der Waals surface area contributed by atoms with E-state index in [0.29, 0.717) is 12.6 Å². The highest BCUT2D eigenvalue weighted by Crippen LogP contribution is 2.19. The fraction of sp³-hybridized carbons (Fsp3) is 0.909. The number of rotatable bonds is 6. The van der Waals surface area contributed by atoms with E-state index >= 15 is 0 Å². The van der Waals surface area contributed by atoms with Gasteiger partial charge in [0.2, 0.25) is 0 Å². The van der Waals surface area contributed by atoms with E-state index < -0.39 is 0 Å². The zero-order valence-electron chi connectivity index (χ0n) is 9.75. The number of aliphatic hydroxyl groups excluding tert-OH is 1. The standard InChI is InChI=1S/C11H22N2O/c1-10(2)13(7-8-14)6-5-11(3,4)9-12/h10,14H,5-8H2,1-4H3. The van der Waals surface area contributed by atoms with Crippen LogP contribution in [0.5, 0.6) is 0 Å². The van der Waals surface area contributed by atoms with Gasteiger partial charge in [-0.1, -0.05) is 0 Å². The van der Waals surface area contributed by atoms with Gasteiger partial charge in [0.15, 0.2) is 0 Å². The number of aliphatic hydroxyl groups is 1. The predicted octanol–water partition coefficient (Wildman–Crippen LogP) is 1.63. The molecule has 1 N–H and O–H groups in total. The third-order valence-corrected chi connectivity index (χ3v) is 2.44. The molecule has 0 heterocycles. The fourth-order valence-electron chi connectivity index (χ4n) is 1.24. The lowest BCUT2D eigenvalue weighted by molar-refractivity contribution is 0.153. The number of nitriles is 1. The van der Waals surface area contributed by atoms with Crippen LogP contribution in [0, 0.1) is 16.7 Å². The molecule has 0 saturated heterocycles. The summed E-state index contributed by atoms with van der Waals surface area (Å²) in [7, 11) is 0. The molecule has 0 aromatic heterocycles. The van der Waals surface area contributed by atoms with E-state index in [1.807, 2.05) is 13.8 Å². The van der Waals surface area contributed by atoms with Crippen LogP contribution in [-0.2, 0) is 0 Å². The first-order valence-corrected chi connectivity index (χ1v) is 5.19. The van der Waals surface area contributed by atoms with Gasteiger partial charge in [-0.05, 0) is 40.7 Å². The number of nitrogens with zero attached hydrogens (tertiary/aromatic N) is 2. The number of hydrogen-bond donors (Lipinski definition) is 1. The Morgan fingerprint density at radius 1 is 1.36 bits per heavy atom. The summed E-state index contributed by atoms with van der Waals surface area (Å²) in [5, 5.41) is 17.7. The Morgan fingerprint density at radius 2 is 1.93 bits per heavy atom. The van der Waals surface area contributed by atoms with Crippen LogP contribution in [-0.4, -0.2) is 35.7 Å². The van der Waals surface area contributed by atoms with Crippen LogP contribution in [0.4, 0.5) is 0 Å². The molecule has 82 valence electrons. The van der Waals surface area contributed by atoms with Crippen molar-refractivity contribution in [3.63, 3.8) is 0 Å². The monoisotopic (exact) mass is 198 g/mol. The maximum atomic E-state index is 8.87.